The lowest BCUT2D eigenvalue weighted by Gasteiger charge is -2.28. The lowest BCUT2D eigenvalue weighted by atomic mass is 10.0. The van der Waals surface area contributed by atoms with Crippen LogP contribution in [-0.2, 0) is 6.18 Å². The Morgan fingerprint density at radius 2 is 1.90 bits per heavy atom. The molecule has 1 aliphatic carbocycles. The van der Waals surface area contributed by atoms with Crippen LogP contribution in [0.5, 0.6) is 0 Å². The first-order valence-electron chi connectivity index (χ1n) is 14.4. The lowest BCUT2D eigenvalue weighted by molar-refractivity contribution is -0.137. The maximum absolute atomic E-state index is 14.5. The van der Waals surface area contributed by atoms with Gasteiger partial charge in [-0.1, -0.05) is 20.3 Å². The van der Waals surface area contributed by atoms with Crippen LogP contribution in [0, 0.1) is 5.92 Å². The topological polar surface area (TPSA) is 107 Å². The van der Waals surface area contributed by atoms with Gasteiger partial charge >= 0.3 is 6.18 Å². The molecule has 8 nitrogen and oxygen atoms in total. The number of hydrogen-bond donors (Lipinski definition) is 3. The Balaban J connectivity index is 1.79. The fraction of sp³-hybridized carbons (Fsp3) is 0.655. The zero-order valence-corrected chi connectivity index (χ0v) is 25.1. The highest BCUT2D eigenvalue weighted by Gasteiger charge is 2.40. The number of carbonyl (C=O) groups excluding carboxylic acids is 2. The number of aromatic nitrogens is 2. The third-order valence-corrected chi connectivity index (χ3v) is 8.85. The number of anilines is 1. The molecule has 0 radical (unpaired) electrons. The van der Waals surface area contributed by atoms with Crippen molar-refractivity contribution in [2.24, 2.45) is 5.92 Å². The van der Waals surface area contributed by atoms with E-state index in [0.29, 0.717) is 5.92 Å². The number of amides is 2. The van der Waals surface area contributed by atoms with Gasteiger partial charge < -0.3 is 20.6 Å². The summed E-state index contributed by atoms with van der Waals surface area (Å²) in [6, 6.07) is 0.861. The molecule has 0 aromatic carbocycles. The second-order valence-electron chi connectivity index (χ2n) is 11.9. The van der Waals surface area contributed by atoms with Gasteiger partial charge in [-0.2, -0.15) is 13.2 Å². The Labute approximate surface area is 243 Å². The van der Waals surface area contributed by atoms with Crippen molar-refractivity contribution in [1.29, 1.82) is 0 Å². The Kier molecular flexibility index (Phi) is 9.32. The molecule has 12 heteroatoms. The number of pyridine rings is 1. The number of halogens is 3. The van der Waals surface area contributed by atoms with Crippen molar-refractivity contribution in [2.75, 3.05) is 11.9 Å². The van der Waals surface area contributed by atoms with Gasteiger partial charge in [0.15, 0.2) is 5.01 Å². The van der Waals surface area contributed by atoms with Crippen LogP contribution in [0.2, 0.25) is 0 Å². The maximum Gasteiger partial charge on any atom is 0.417 e. The Hall–Kier alpha value is -2.73. The van der Waals surface area contributed by atoms with Crippen molar-refractivity contribution >= 4 is 29.0 Å². The zero-order chi connectivity index (χ0) is 30.1. The van der Waals surface area contributed by atoms with Crippen molar-refractivity contribution in [3.63, 3.8) is 0 Å². The summed E-state index contributed by atoms with van der Waals surface area (Å²) in [5.74, 6) is -0.620. The average Bonchev–Trinajstić information content (AvgIpc) is 3.54. The number of carbonyl (C=O) groups is 2. The number of thiazole rings is 1. The molecule has 0 spiro atoms. The predicted octanol–water partition coefficient (Wildman–Crippen LogP) is 6.12. The first kappa shape index (κ1) is 31.2. The standard InChI is InChI=1S/C29H40F3N5O3S/c1-6-8-18-12-9-16(3)37(18)27(39)23-24(41-26(36-23)25(38)34-15-28(4,5)40)19-14-33-22(13-20(19)29(30,31)32)35-21(7-2)17-10-11-17/h13-14,16-18,21,40H,6-12,15H2,1-5H3,(H,33,35)(H,34,38). The van der Waals surface area contributed by atoms with Gasteiger partial charge in [-0.3, -0.25) is 9.59 Å². The van der Waals surface area contributed by atoms with Crippen LogP contribution in [-0.4, -0.2) is 62.1 Å². The summed E-state index contributed by atoms with van der Waals surface area (Å²) in [5, 5.41) is 15.6. The molecule has 3 unspecified atom stereocenters. The van der Waals surface area contributed by atoms with Crippen LogP contribution >= 0.6 is 11.3 Å². The fourth-order valence-corrected chi connectivity index (χ4v) is 6.48. The van der Waals surface area contributed by atoms with Gasteiger partial charge in [0.1, 0.15) is 11.5 Å². The minimum atomic E-state index is -4.74. The summed E-state index contributed by atoms with van der Waals surface area (Å²) in [6.45, 7) is 8.86. The van der Waals surface area contributed by atoms with Crippen molar-refractivity contribution in [3.05, 3.63) is 28.5 Å². The molecule has 3 atom stereocenters. The van der Waals surface area contributed by atoms with Crippen LogP contribution in [0.1, 0.15) is 105 Å². The summed E-state index contributed by atoms with van der Waals surface area (Å²) in [6.07, 6.45) is 2.43. The third-order valence-electron chi connectivity index (χ3n) is 7.77. The summed E-state index contributed by atoms with van der Waals surface area (Å²) in [4.78, 5) is 37.2. The summed E-state index contributed by atoms with van der Waals surface area (Å²) in [5.41, 5.74) is -2.62. The Morgan fingerprint density at radius 1 is 1.20 bits per heavy atom. The normalized spacial score (nSPS) is 20.3. The van der Waals surface area contributed by atoms with E-state index < -0.39 is 29.2 Å². The first-order chi connectivity index (χ1) is 19.2. The molecule has 3 N–H and O–H groups in total. The zero-order valence-electron chi connectivity index (χ0n) is 24.3. The summed E-state index contributed by atoms with van der Waals surface area (Å²) in [7, 11) is 0. The lowest BCUT2D eigenvalue weighted by Crippen LogP contribution is -2.40. The first-order valence-corrected chi connectivity index (χ1v) is 15.2. The van der Waals surface area contributed by atoms with Crippen molar-refractivity contribution < 1.29 is 27.9 Å². The van der Waals surface area contributed by atoms with E-state index in [1.807, 2.05) is 20.8 Å². The molecule has 41 heavy (non-hydrogen) atoms. The number of nitrogens with zero attached hydrogens (tertiary/aromatic N) is 3. The molecule has 0 bridgehead atoms. The Morgan fingerprint density at radius 3 is 2.49 bits per heavy atom. The van der Waals surface area contributed by atoms with Gasteiger partial charge in [-0.25, -0.2) is 9.97 Å². The van der Waals surface area contributed by atoms with E-state index in [1.165, 1.54) is 13.8 Å². The highest BCUT2D eigenvalue weighted by atomic mass is 32.1. The average molecular weight is 596 g/mol. The largest absolute Gasteiger partial charge is 0.417 e. The molecule has 4 rings (SSSR count). The highest BCUT2D eigenvalue weighted by Crippen LogP contribution is 2.43. The third kappa shape index (κ3) is 7.38. The number of aliphatic hydroxyl groups is 1. The van der Waals surface area contributed by atoms with Gasteiger partial charge in [-0.15, -0.1) is 11.3 Å². The molecule has 1 aliphatic heterocycles. The van der Waals surface area contributed by atoms with Crippen molar-refractivity contribution in [3.8, 4) is 10.4 Å². The monoisotopic (exact) mass is 595 g/mol. The SMILES string of the molecule is CCCC1CCC(C)N1C(=O)c1nc(C(=O)NCC(C)(C)O)sc1-c1cnc(NC(CC)C2CC2)cc1C(F)(F)F. The highest BCUT2D eigenvalue weighted by molar-refractivity contribution is 7.17. The van der Waals surface area contributed by atoms with E-state index in [-0.39, 0.29) is 51.6 Å². The number of hydrogen-bond acceptors (Lipinski definition) is 7. The van der Waals surface area contributed by atoms with Gasteiger partial charge in [0, 0.05) is 36.4 Å². The molecule has 226 valence electrons. The van der Waals surface area contributed by atoms with Gasteiger partial charge in [-0.05, 0) is 71.3 Å². The summed E-state index contributed by atoms with van der Waals surface area (Å²) < 4.78 is 43.5. The molecular formula is C29H40F3N5O3S. The van der Waals surface area contributed by atoms with Crippen LogP contribution < -0.4 is 10.6 Å². The molecule has 2 aliphatic rings. The van der Waals surface area contributed by atoms with E-state index in [2.05, 4.69) is 20.6 Å². The van der Waals surface area contributed by atoms with E-state index >= 15 is 0 Å². The van der Waals surface area contributed by atoms with E-state index in [9.17, 15) is 27.9 Å². The molecule has 2 aromatic heterocycles. The molecule has 2 fully saturated rings. The minimum Gasteiger partial charge on any atom is -0.389 e. The van der Waals surface area contributed by atoms with Crippen LogP contribution in [0.25, 0.3) is 10.4 Å². The van der Waals surface area contributed by atoms with E-state index in [0.717, 1.165) is 68.5 Å². The van der Waals surface area contributed by atoms with Gasteiger partial charge in [0.25, 0.3) is 11.8 Å². The molecular weight excluding hydrogens is 555 g/mol. The number of alkyl halides is 3. The predicted molar refractivity (Wildman–Crippen MR) is 153 cm³/mol. The molecule has 2 aromatic rings. The maximum atomic E-state index is 14.5. The fourth-order valence-electron chi connectivity index (χ4n) is 5.49. The van der Waals surface area contributed by atoms with Crippen LogP contribution in [0.4, 0.5) is 19.0 Å². The number of likely N-dealkylation sites (tertiary alicyclic amines) is 1. The van der Waals surface area contributed by atoms with Crippen molar-refractivity contribution in [1.82, 2.24) is 20.2 Å². The Bertz CT molecular complexity index is 1250. The smallest absolute Gasteiger partial charge is 0.389 e. The number of rotatable bonds is 11. The van der Waals surface area contributed by atoms with Gasteiger partial charge in [0.05, 0.1) is 16.0 Å². The van der Waals surface area contributed by atoms with Crippen molar-refractivity contribution in [2.45, 2.75) is 109 Å². The molecule has 1 saturated carbocycles. The second-order valence-corrected chi connectivity index (χ2v) is 12.9. The van der Waals surface area contributed by atoms with E-state index in [1.54, 1.807) is 4.90 Å². The van der Waals surface area contributed by atoms with Crippen LogP contribution in [0.3, 0.4) is 0 Å². The van der Waals surface area contributed by atoms with Crippen LogP contribution in [0.15, 0.2) is 12.3 Å². The van der Waals surface area contributed by atoms with Gasteiger partial charge in [0.2, 0.25) is 0 Å². The minimum absolute atomic E-state index is 0.0354. The van der Waals surface area contributed by atoms with E-state index in [4.69, 9.17) is 0 Å². The summed E-state index contributed by atoms with van der Waals surface area (Å²) >= 11 is 0.731. The molecule has 3 heterocycles. The molecule has 1 saturated heterocycles. The molecule has 2 amide bonds. The second kappa shape index (κ2) is 12.2. The number of nitrogens with one attached hydrogen (secondary N) is 2. The quantitative estimate of drug-likeness (QED) is 0.289.